The molecule has 0 heterocycles. The summed E-state index contributed by atoms with van der Waals surface area (Å²) in [7, 11) is 0. The number of carbonyl (C=O) groups excluding carboxylic acids is 2. The number of Topliss-reactive ketones (excluding diaryl/α,β-unsaturated/α-hetero) is 1. The summed E-state index contributed by atoms with van der Waals surface area (Å²) < 4.78 is 0. The molecule has 1 aromatic rings. The lowest BCUT2D eigenvalue weighted by Crippen LogP contribution is -2.30. The predicted molar refractivity (Wildman–Crippen MR) is 83.4 cm³/mol. The van der Waals surface area contributed by atoms with Gasteiger partial charge in [0.1, 0.15) is 0 Å². The first-order valence-electron chi connectivity index (χ1n) is 6.91. The molecular weight excluding hydrogens is 268 g/mol. The zero-order chi connectivity index (χ0) is 15.7. The molecule has 0 fully saturated rings. The Balaban J connectivity index is 2.45. The van der Waals surface area contributed by atoms with E-state index in [4.69, 9.17) is 5.11 Å². The van der Waals surface area contributed by atoms with Crippen molar-refractivity contribution in [2.75, 3.05) is 31.6 Å². The number of benzene rings is 1. The van der Waals surface area contributed by atoms with Crippen molar-refractivity contribution in [3.05, 3.63) is 42.5 Å². The van der Waals surface area contributed by atoms with Crippen molar-refractivity contribution in [1.29, 1.82) is 0 Å². The van der Waals surface area contributed by atoms with Gasteiger partial charge in [0.2, 0.25) is 5.91 Å². The fourth-order valence-corrected chi connectivity index (χ4v) is 1.89. The molecule has 0 saturated carbocycles. The van der Waals surface area contributed by atoms with E-state index in [9.17, 15) is 9.59 Å². The van der Waals surface area contributed by atoms with Gasteiger partial charge in [-0.25, -0.2) is 0 Å². The molecule has 2 N–H and O–H groups in total. The molecule has 21 heavy (non-hydrogen) atoms. The van der Waals surface area contributed by atoms with Crippen molar-refractivity contribution in [1.82, 2.24) is 4.90 Å². The molecule has 0 spiro atoms. The third-order valence-electron chi connectivity index (χ3n) is 3.03. The monoisotopic (exact) mass is 290 g/mol. The Labute approximate surface area is 125 Å². The van der Waals surface area contributed by atoms with Gasteiger partial charge in [-0.15, -0.1) is 6.58 Å². The number of ketones is 1. The number of hydrogen-bond acceptors (Lipinski definition) is 4. The number of rotatable bonds is 9. The fourth-order valence-electron chi connectivity index (χ4n) is 1.89. The molecule has 0 aromatic heterocycles. The van der Waals surface area contributed by atoms with E-state index in [0.717, 1.165) is 0 Å². The minimum Gasteiger partial charge on any atom is -0.395 e. The van der Waals surface area contributed by atoms with Gasteiger partial charge in [-0.1, -0.05) is 6.08 Å². The van der Waals surface area contributed by atoms with E-state index < -0.39 is 0 Å². The Morgan fingerprint density at radius 2 is 1.95 bits per heavy atom. The van der Waals surface area contributed by atoms with Gasteiger partial charge < -0.3 is 10.4 Å². The predicted octanol–water partition coefficient (Wildman–Crippen LogP) is 1.70. The zero-order valence-corrected chi connectivity index (χ0v) is 12.3. The fraction of sp³-hybridized carbons (Fsp3) is 0.375. The van der Waals surface area contributed by atoms with Crippen LogP contribution in [0.5, 0.6) is 0 Å². The van der Waals surface area contributed by atoms with Crippen molar-refractivity contribution in [3.8, 4) is 0 Å². The minimum atomic E-state index is -0.0995. The summed E-state index contributed by atoms with van der Waals surface area (Å²) in [6.45, 7) is 6.93. The topological polar surface area (TPSA) is 69.6 Å². The van der Waals surface area contributed by atoms with Crippen LogP contribution in [0.15, 0.2) is 36.9 Å². The lowest BCUT2D eigenvalue weighted by molar-refractivity contribution is -0.116. The molecule has 5 nitrogen and oxygen atoms in total. The molecule has 0 atom stereocenters. The summed E-state index contributed by atoms with van der Waals surface area (Å²) in [6.07, 6.45) is 2.08. The van der Waals surface area contributed by atoms with E-state index in [-0.39, 0.29) is 18.3 Å². The van der Waals surface area contributed by atoms with Crippen LogP contribution < -0.4 is 5.32 Å². The van der Waals surface area contributed by atoms with Crippen molar-refractivity contribution in [3.63, 3.8) is 0 Å². The molecule has 0 saturated heterocycles. The summed E-state index contributed by atoms with van der Waals surface area (Å²) in [6, 6.07) is 6.80. The molecule has 0 unspecified atom stereocenters. The Hall–Kier alpha value is -1.98. The Morgan fingerprint density at radius 1 is 1.29 bits per heavy atom. The molecule has 1 amide bonds. The molecule has 0 radical (unpaired) electrons. The van der Waals surface area contributed by atoms with Crippen LogP contribution >= 0.6 is 0 Å². The van der Waals surface area contributed by atoms with Crippen LogP contribution in [0.25, 0.3) is 0 Å². The molecule has 0 bridgehead atoms. The van der Waals surface area contributed by atoms with Crippen LogP contribution in [0.1, 0.15) is 23.7 Å². The molecule has 0 aliphatic heterocycles. The van der Waals surface area contributed by atoms with Crippen molar-refractivity contribution < 1.29 is 14.7 Å². The summed E-state index contributed by atoms with van der Waals surface area (Å²) in [5.41, 5.74) is 1.29. The van der Waals surface area contributed by atoms with Crippen molar-refractivity contribution >= 4 is 17.4 Å². The van der Waals surface area contributed by atoms with E-state index >= 15 is 0 Å². The van der Waals surface area contributed by atoms with Crippen LogP contribution in [0, 0.1) is 0 Å². The van der Waals surface area contributed by atoms with Crippen molar-refractivity contribution in [2.45, 2.75) is 13.3 Å². The maximum Gasteiger partial charge on any atom is 0.225 e. The van der Waals surface area contributed by atoms with Gasteiger partial charge in [0.15, 0.2) is 5.78 Å². The number of nitrogens with one attached hydrogen (secondary N) is 1. The Morgan fingerprint density at radius 3 is 2.48 bits per heavy atom. The van der Waals surface area contributed by atoms with Crippen LogP contribution in [0.3, 0.4) is 0 Å². The number of anilines is 1. The van der Waals surface area contributed by atoms with Gasteiger partial charge >= 0.3 is 0 Å². The van der Waals surface area contributed by atoms with Gasteiger partial charge in [-0.2, -0.15) is 0 Å². The van der Waals surface area contributed by atoms with Gasteiger partial charge in [-0.3, -0.25) is 14.5 Å². The maximum absolute atomic E-state index is 11.9. The largest absolute Gasteiger partial charge is 0.395 e. The van der Waals surface area contributed by atoms with Gasteiger partial charge in [0.25, 0.3) is 0 Å². The molecule has 0 aliphatic carbocycles. The number of amides is 1. The molecule has 114 valence electrons. The van der Waals surface area contributed by atoms with Crippen molar-refractivity contribution in [2.24, 2.45) is 0 Å². The third kappa shape index (κ3) is 6.33. The highest BCUT2D eigenvalue weighted by molar-refractivity contribution is 5.95. The average molecular weight is 290 g/mol. The Bertz CT molecular complexity index is 483. The average Bonchev–Trinajstić information content (AvgIpc) is 2.46. The molecule has 1 aromatic carbocycles. The van der Waals surface area contributed by atoms with E-state index in [1.165, 1.54) is 6.92 Å². The normalized spacial score (nSPS) is 10.4. The highest BCUT2D eigenvalue weighted by atomic mass is 16.3. The highest BCUT2D eigenvalue weighted by Crippen LogP contribution is 2.10. The summed E-state index contributed by atoms with van der Waals surface area (Å²) in [5, 5.41) is 11.7. The first-order valence-corrected chi connectivity index (χ1v) is 6.91. The highest BCUT2D eigenvalue weighted by Gasteiger charge is 2.07. The first-order chi connectivity index (χ1) is 10.1. The lowest BCUT2D eigenvalue weighted by Gasteiger charge is -2.18. The lowest BCUT2D eigenvalue weighted by atomic mass is 10.1. The van der Waals surface area contributed by atoms with E-state index in [0.29, 0.717) is 37.3 Å². The quantitative estimate of drug-likeness (QED) is 0.536. The maximum atomic E-state index is 11.9. The smallest absolute Gasteiger partial charge is 0.225 e. The first kappa shape index (κ1) is 17.1. The van der Waals surface area contributed by atoms with E-state index in [2.05, 4.69) is 11.9 Å². The number of nitrogens with zero attached hydrogens (tertiary/aromatic N) is 1. The molecule has 1 rings (SSSR count). The number of carbonyl (C=O) groups is 2. The molecule has 5 heteroatoms. The Kier molecular flexibility index (Phi) is 7.36. The number of hydrogen-bond donors (Lipinski definition) is 2. The number of aliphatic hydroxyl groups is 1. The van der Waals surface area contributed by atoms with Crippen LogP contribution in [0.4, 0.5) is 5.69 Å². The second kappa shape index (κ2) is 9.05. The molecule has 0 aliphatic rings. The van der Waals surface area contributed by atoms with Gasteiger partial charge in [0, 0.05) is 37.3 Å². The summed E-state index contributed by atoms with van der Waals surface area (Å²) in [4.78, 5) is 25.0. The van der Waals surface area contributed by atoms with E-state index in [1.54, 1.807) is 30.3 Å². The van der Waals surface area contributed by atoms with E-state index in [1.807, 2.05) is 4.90 Å². The number of aliphatic hydroxyl groups excluding tert-OH is 1. The standard InChI is InChI=1S/C16H22N2O3/c1-3-9-18(11-12-19)10-8-16(21)17-15-6-4-14(5-7-15)13(2)20/h3-7,19H,1,8-12H2,2H3,(H,17,21). The van der Waals surface area contributed by atoms with Crippen LogP contribution in [0.2, 0.25) is 0 Å². The van der Waals surface area contributed by atoms with Crippen LogP contribution in [-0.2, 0) is 4.79 Å². The zero-order valence-electron chi connectivity index (χ0n) is 12.3. The van der Waals surface area contributed by atoms with Gasteiger partial charge in [0.05, 0.1) is 6.61 Å². The second-order valence-corrected chi connectivity index (χ2v) is 4.74. The van der Waals surface area contributed by atoms with Gasteiger partial charge in [-0.05, 0) is 31.2 Å². The SMILES string of the molecule is C=CCN(CCO)CCC(=O)Nc1ccc(C(C)=O)cc1. The summed E-state index contributed by atoms with van der Waals surface area (Å²) >= 11 is 0. The molecular formula is C16H22N2O3. The van der Waals surface area contributed by atoms with Crippen LogP contribution in [-0.4, -0.2) is 47.9 Å². The second-order valence-electron chi connectivity index (χ2n) is 4.74. The third-order valence-corrected chi connectivity index (χ3v) is 3.03. The minimum absolute atomic E-state index is 0.00283. The summed E-state index contributed by atoms with van der Waals surface area (Å²) in [5.74, 6) is -0.102.